The van der Waals surface area contributed by atoms with Gasteiger partial charge in [0.25, 0.3) is 0 Å². The second kappa shape index (κ2) is 6.66. The van der Waals surface area contributed by atoms with Crippen LogP contribution in [0.15, 0.2) is 12.3 Å². The number of ether oxygens (including phenoxy) is 1. The molecule has 1 atom stereocenters. The van der Waals surface area contributed by atoms with Crippen LogP contribution in [0.1, 0.15) is 38.9 Å². The molecular formula is C12H23N3O. The van der Waals surface area contributed by atoms with Crippen LogP contribution in [0.25, 0.3) is 0 Å². The number of aryl methyl sites for hydroxylation is 1. The van der Waals surface area contributed by atoms with Crippen LogP contribution in [0.3, 0.4) is 0 Å². The maximum Gasteiger partial charge on any atom is 0.0547 e. The van der Waals surface area contributed by atoms with E-state index >= 15 is 0 Å². The summed E-state index contributed by atoms with van der Waals surface area (Å²) in [6.45, 7) is 8.07. The Balaban J connectivity index is 2.16. The van der Waals surface area contributed by atoms with Gasteiger partial charge in [-0.2, -0.15) is 5.10 Å². The molecule has 0 aliphatic carbocycles. The van der Waals surface area contributed by atoms with E-state index in [0.29, 0.717) is 12.1 Å². The van der Waals surface area contributed by atoms with Gasteiger partial charge < -0.3 is 10.1 Å². The Morgan fingerprint density at radius 1 is 1.44 bits per heavy atom. The highest BCUT2D eigenvalue weighted by molar-refractivity contribution is 5.04. The lowest BCUT2D eigenvalue weighted by atomic mass is 10.2. The van der Waals surface area contributed by atoms with Crippen LogP contribution >= 0.6 is 0 Å². The van der Waals surface area contributed by atoms with E-state index in [9.17, 15) is 0 Å². The molecule has 0 aliphatic rings. The molecule has 1 heterocycles. The molecule has 0 bridgehead atoms. The summed E-state index contributed by atoms with van der Waals surface area (Å²) in [5, 5.41) is 7.62. The summed E-state index contributed by atoms with van der Waals surface area (Å²) in [7, 11) is 1.97. The summed E-state index contributed by atoms with van der Waals surface area (Å²) in [6, 6.07) is 2.38. The van der Waals surface area contributed by atoms with Crippen molar-refractivity contribution in [3.05, 3.63) is 18.0 Å². The molecule has 0 fully saturated rings. The van der Waals surface area contributed by atoms with Crippen LogP contribution in [-0.4, -0.2) is 29.0 Å². The van der Waals surface area contributed by atoms with Gasteiger partial charge in [-0.25, -0.2) is 0 Å². The largest absolute Gasteiger partial charge is 0.379 e. The summed E-state index contributed by atoms with van der Waals surface area (Å²) in [4.78, 5) is 0. The van der Waals surface area contributed by atoms with Gasteiger partial charge in [0.2, 0.25) is 0 Å². The van der Waals surface area contributed by atoms with Crippen molar-refractivity contribution < 1.29 is 4.74 Å². The number of nitrogens with zero attached hydrogens (tertiary/aromatic N) is 2. The molecule has 16 heavy (non-hydrogen) atoms. The van der Waals surface area contributed by atoms with E-state index in [-0.39, 0.29) is 0 Å². The van der Waals surface area contributed by atoms with Crippen LogP contribution in [0.5, 0.6) is 0 Å². The number of aromatic nitrogens is 2. The van der Waals surface area contributed by atoms with Crippen molar-refractivity contribution in [3.8, 4) is 0 Å². The first-order valence-corrected chi connectivity index (χ1v) is 5.94. The zero-order chi connectivity index (χ0) is 12.0. The summed E-state index contributed by atoms with van der Waals surface area (Å²) in [5.74, 6) is 0. The molecule has 4 nitrogen and oxygen atoms in total. The van der Waals surface area contributed by atoms with Crippen LogP contribution in [0.4, 0.5) is 0 Å². The second-order valence-electron chi connectivity index (χ2n) is 4.33. The molecule has 1 aromatic rings. The SMILES string of the molecule is CC(C)OCCCNC(C)c1ccnn1C. The maximum atomic E-state index is 5.48. The average molecular weight is 225 g/mol. The van der Waals surface area contributed by atoms with Gasteiger partial charge in [0, 0.05) is 25.9 Å². The highest BCUT2D eigenvalue weighted by Crippen LogP contribution is 2.09. The van der Waals surface area contributed by atoms with Gasteiger partial charge in [-0.3, -0.25) is 4.68 Å². The van der Waals surface area contributed by atoms with Crippen molar-refractivity contribution in [2.24, 2.45) is 7.05 Å². The number of hydrogen-bond donors (Lipinski definition) is 1. The molecule has 1 rings (SSSR count). The van der Waals surface area contributed by atoms with Crippen LogP contribution < -0.4 is 5.32 Å². The average Bonchev–Trinajstić information content (AvgIpc) is 2.63. The zero-order valence-electron chi connectivity index (χ0n) is 10.7. The first-order valence-electron chi connectivity index (χ1n) is 5.94. The molecule has 0 aliphatic heterocycles. The van der Waals surface area contributed by atoms with Crippen molar-refractivity contribution in [2.45, 2.75) is 39.3 Å². The third kappa shape index (κ3) is 4.33. The van der Waals surface area contributed by atoms with E-state index in [1.165, 1.54) is 5.69 Å². The summed E-state index contributed by atoms with van der Waals surface area (Å²) in [6.07, 6.45) is 3.20. The van der Waals surface area contributed by atoms with Crippen LogP contribution in [0, 0.1) is 0 Å². The third-order valence-corrected chi connectivity index (χ3v) is 2.53. The van der Waals surface area contributed by atoms with Gasteiger partial charge in [0.15, 0.2) is 0 Å². The highest BCUT2D eigenvalue weighted by atomic mass is 16.5. The first kappa shape index (κ1) is 13.2. The Labute approximate surface area is 98.0 Å². The minimum Gasteiger partial charge on any atom is -0.379 e. The van der Waals surface area contributed by atoms with Gasteiger partial charge in [-0.05, 0) is 39.8 Å². The Hall–Kier alpha value is -0.870. The molecule has 0 saturated heterocycles. The predicted molar refractivity (Wildman–Crippen MR) is 65.3 cm³/mol. The number of rotatable bonds is 7. The minimum atomic E-state index is 0.328. The zero-order valence-corrected chi connectivity index (χ0v) is 10.7. The Bertz CT molecular complexity index is 296. The van der Waals surface area contributed by atoms with Crippen molar-refractivity contribution in [3.63, 3.8) is 0 Å². The molecule has 4 heteroatoms. The summed E-state index contributed by atoms with van der Waals surface area (Å²) >= 11 is 0. The first-order chi connectivity index (χ1) is 7.61. The lowest BCUT2D eigenvalue weighted by Crippen LogP contribution is -2.23. The molecule has 0 aromatic carbocycles. The molecule has 1 N–H and O–H groups in total. The van der Waals surface area contributed by atoms with Crippen LogP contribution in [0.2, 0.25) is 0 Å². The highest BCUT2D eigenvalue weighted by Gasteiger charge is 2.07. The predicted octanol–water partition coefficient (Wildman–Crippen LogP) is 1.89. The lowest BCUT2D eigenvalue weighted by Gasteiger charge is -2.14. The lowest BCUT2D eigenvalue weighted by molar-refractivity contribution is 0.0767. The summed E-state index contributed by atoms with van der Waals surface area (Å²) < 4.78 is 7.39. The van der Waals surface area contributed by atoms with Gasteiger partial charge in [-0.1, -0.05) is 0 Å². The van der Waals surface area contributed by atoms with Gasteiger partial charge >= 0.3 is 0 Å². The van der Waals surface area contributed by atoms with E-state index in [0.717, 1.165) is 19.6 Å². The van der Waals surface area contributed by atoms with Crippen molar-refractivity contribution >= 4 is 0 Å². The molecule has 0 spiro atoms. The summed E-state index contributed by atoms with van der Waals surface area (Å²) in [5.41, 5.74) is 1.21. The van der Waals surface area contributed by atoms with Gasteiger partial charge in [0.05, 0.1) is 11.8 Å². The van der Waals surface area contributed by atoms with Crippen LogP contribution in [-0.2, 0) is 11.8 Å². The minimum absolute atomic E-state index is 0.328. The molecule has 0 saturated carbocycles. The molecule has 1 aromatic heterocycles. The van der Waals surface area contributed by atoms with Gasteiger partial charge in [0.1, 0.15) is 0 Å². The van der Waals surface area contributed by atoms with E-state index in [4.69, 9.17) is 4.74 Å². The number of nitrogens with one attached hydrogen (secondary N) is 1. The normalized spacial score (nSPS) is 13.3. The Morgan fingerprint density at radius 2 is 2.19 bits per heavy atom. The fourth-order valence-electron chi connectivity index (χ4n) is 1.62. The maximum absolute atomic E-state index is 5.48. The van der Waals surface area contributed by atoms with Crippen molar-refractivity contribution in [1.29, 1.82) is 0 Å². The van der Waals surface area contributed by atoms with Gasteiger partial charge in [-0.15, -0.1) is 0 Å². The molecule has 0 radical (unpaired) electrons. The molecule has 1 unspecified atom stereocenters. The monoisotopic (exact) mass is 225 g/mol. The molecule has 92 valence electrons. The van der Waals surface area contributed by atoms with E-state index in [2.05, 4.69) is 31.2 Å². The third-order valence-electron chi connectivity index (χ3n) is 2.53. The van der Waals surface area contributed by atoms with Crippen molar-refractivity contribution in [2.75, 3.05) is 13.2 Å². The van der Waals surface area contributed by atoms with Crippen molar-refractivity contribution in [1.82, 2.24) is 15.1 Å². The van der Waals surface area contributed by atoms with E-state index in [1.807, 2.05) is 24.0 Å². The fourth-order valence-corrected chi connectivity index (χ4v) is 1.62. The van der Waals surface area contributed by atoms with E-state index in [1.54, 1.807) is 0 Å². The molecular weight excluding hydrogens is 202 g/mol. The number of hydrogen-bond acceptors (Lipinski definition) is 3. The van der Waals surface area contributed by atoms with E-state index < -0.39 is 0 Å². The molecule has 0 amide bonds. The quantitative estimate of drug-likeness (QED) is 0.720. The second-order valence-corrected chi connectivity index (χ2v) is 4.33. The fraction of sp³-hybridized carbons (Fsp3) is 0.750. The Morgan fingerprint density at radius 3 is 2.75 bits per heavy atom. The topological polar surface area (TPSA) is 39.1 Å². The standard InChI is InChI=1S/C12H23N3O/c1-10(2)16-9-5-7-13-11(3)12-6-8-14-15(12)4/h6,8,10-11,13H,5,7,9H2,1-4H3. The smallest absolute Gasteiger partial charge is 0.0547 e. The Kier molecular flexibility index (Phi) is 5.49.